The summed E-state index contributed by atoms with van der Waals surface area (Å²) in [5.41, 5.74) is 0.682. The summed E-state index contributed by atoms with van der Waals surface area (Å²) in [5, 5.41) is 0. The van der Waals surface area contributed by atoms with E-state index in [2.05, 4.69) is 0 Å². The largest absolute Gasteiger partial charge is 0.329 e. The number of halogens is 1. The van der Waals surface area contributed by atoms with E-state index in [4.69, 9.17) is 0 Å². The van der Waals surface area contributed by atoms with Crippen molar-refractivity contribution in [1.29, 1.82) is 0 Å². The lowest BCUT2D eigenvalue weighted by Crippen LogP contribution is -2.58. The van der Waals surface area contributed by atoms with Crippen LogP contribution < -0.4 is 4.90 Å². The summed E-state index contributed by atoms with van der Waals surface area (Å²) < 4.78 is 12.9. The highest BCUT2D eigenvalue weighted by atomic mass is 19.1. The minimum atomic E-state index is -0.443. The van der Waals surface area contributed by atoms with Gasteiger partial charge in [0.25, 0.3) is 0 Å². The van der Waals surface area contributed by atoms with Crippen molar-refractivity contribution in [2.24, 2.45) is 5.92 Å². The van der Waals surface area contributed by atoms with Crippen LogP contribution in [0.1, 0.15) is 19.8 Å². The highest BCUT2D eigenvalue weighted by molar-refractivity contribution is 6.00. The summed E-state index contributed by atoms with van der Waals surface area (Å²) in [6.07, 6.45) is 1.88. The number of rotatable bonds is 2. The molecular formula is C15H17FN2O2. The summed E-state index contributed by atoms with van der Waals surface area (Å²) >= 11 is 0. The van der Waals surface area contributed by atoms with E-state index in [9.17, 15) is 14.0 Å². The summed E-state index contributed by atoms with van der Waals surface area (Å²) in [7, 11) is 0. The lowest BCUT2D eigenvalue weighted by Gasteiger charge is -2.39. The summed E-state index contributed by atoms with van der Waals surface area (Å²) in [4.78, 5) is 27.8. The first-order chi connectivity index (χ1) is 9.58. The predicted molar refractivity (Wildman–Crippen MR) is 72.7 cm³/mol. The second kappa shape index (κ2) is 4.89. The van der Waals surface area contributed by atoms with Gasteiger partial charge in [-0.1, -0.05) is 0 Å². The van der Waals surface area contributed by atoms with Crippen LogP contribution in [0.5, 0.6) is 0 Å². The molecule has 5 heteroatoms. The van der Waals surface area contributed by atoms with Gasteiger partial charge in [-0.3, -0.25) is 9.59 Å². The molecule has 4 nitrogen and oxygen atoms in total. The Bertz CT molecular complexity index is 539. The van der Waals surface area contributed by atoms with E-state index >= 15 is 0 Å². The predicted octanol–water partition coefficient (Wildman–Crippen LogP) is 1.80. The fraction of sp³-hybridized carbons (Fsp3) is 0.467. The Morgan fingerprint density at radius 2 is 1.85 bits per heavy atom. The fourth-order valence-corrected chi connectivity index (χ4v) is 2.61. The van der Waals surface area contributed by atoms with Crippen molar-refractivity contribution in [1.82, 2.24) is 4.90 Å². The maximum absolute atomic E-state index is 12.9. The van der Waals surface area contributed by atoms with Crippen LogP contribution >= 0.6 is 0 Å². The molecule has 1 saturated carbocycles. The van der Waals surface area contributed by atoms with Crippen molar-refractivity contribution in [2.75, 3.05) is 18.0 Å². The summed E-state index contributed by atoms with van der Waals surface area (Å²) in [5.74, 6) is -0.194. The van der Waals surface area contributed by atoms with Crippen molar-refractivity contribution in [2.45, 2.75) is 25.8 Å². The summed E-state index contributed by atoms with van der Waals surface area (Å²) in [6, 6.07) is 5.43. The molecule has 1 aliphatic carbocycles. The monoisotopic (exact) mass is 276 g/mol. The van der Waals surface area contributed by atoms with Gasteiger partial charge in [0, 0.05) is 24.7 Å². The van der Waals surface area contributed by atoms with Gasteiger partial charge < -0.3 is 9.80 Å². The van der Waals surface area contributed by atoms with Crippen molar-refractivity contribution in [3.63, 3.8) is 0 Å². The normalized spacial score (nSPS) is 23.1. The second-order valence-corrected chi connectivity index (χ2v) is 5.45. The lowest BCUT2D eigenvalue weighted by molar-refractivity contribution is -0.141. The number of amides is 2. The van der Waals surface area contributed by atoms with Crippen molar-refractivity contribution < 1.29 is 14.0 Å². The SMILES string of the molecule is C[C@H]1C(=O)N(c2ccc(F)cc2)CCN1C(=O)C1CC1. The minimum Gasteiger partial charge on any atom is -0.329 e. The molecule has 0 bridgehead atoms. The molecule has 1 heterocycles. The molecule has 1 atom stereocenters. The number of nitrogens with zero attached hydrogens (tertiary/aromatic N) is 2. The zero-order chi connectivity index (χ0) is 14.3. The summed E-state index contributed by atoms with van der Waals surface area (Å²) in [6.45, 7) is 2.77. The van der Waals surface area contributed by atoms with Crippen LogP contribution in [0.3, 0.4) is 0 Å². The second-order valence-electron chi connectivity index (χ2n) is 5.45. The Morgan fingerprint density at radius 1 is 1.20 bits per heavy atom. The lowest BCUT2D eigenvalue weighted by atomic mass is 10.1. The smallest absolute Gasteiger partial charge is 0.249 e. The molecule has 106 valence electrons. The van der Waals surface area contributed by atoms with Gasteiger partial charge in [0.1, 0.15) is 11.9 Å². The van der Waals surface area contributed by atoms with E-state index < -0.39 is 6.04 Å². The van der Waals surface area contributed by atoms with Gasteiger partial charge in [0.05, 0.1) is 0 Å². The Hall–Kier alpha value is -1.91. The van der Waals surface area contributed by atoms with Crippen LogP contribution in [0.4, 0.5) is 10.1 Å². The Morgan fingerprint density at radius 3 is 2.45 bits per heavy atom. The van der Waals surface area contributed by atoms with Crippen molar-refractivity contribution in [3.05, 3.63) is 30.1 Å². The van der Waals surface area contributed by atoms with E-state index in [1.165, 1.54) is 12.1 Å². The molecular weight excluding hydrogens is 259 g/mol. The van der Waals surface area contributed by atoms with E-state index in [1.54, 1.807) is 28.9 Å². The average Bonchev–Trinajstić information content (AvgIpc) is 3.27. The van der Waals surface area contributed by atoms with Crippen molar-refractivity contribution in [3.8, 4) is 0 Å². The van der Waals surface area contributed by atoms with Gasteiger partial charge >= 0.3 is 0 Å². The third kappa shape index (κ3) is 2.28. The van der Waals surface area contributed by atoms with Crippen LogP contribution in [0, 0.1) is 11.7 Å². The maximum Gasteiger partial charge on any atom is 0.249 e. The van der Waals surface area contributed by atoms with E-state index in [0.717, 1.165) is 12.8 Å². The Labute approximate surface area is 117 Å². The standard InChI is InChI=1S/C15H17FN2O2/c1-10-14(19)18(13-6-4-12(16)5-7-13)9-8-17(10)15(20)11-2-3-11/h4-7,10-11H,2-3,8-9H2,1H3/t10-/m0/s1. The number of hydrogen-bond donors (Lipinski definition) is 0. The molecule has 0 N–H and O–H groups in total. The number of carbonyl (C=O) groups is 2. The van der Waals surface area contributed by atoms with Crippen LogP contribution in [-0.2, 0) is 9.59 Å². The van der Waals surface area contributed by atoms with E-state index in [1.807, 2.05) is 0 Å². The van der Waals surface area contributed by atoms with E-state index in [0.29, 0.717) is 18.8 Å². The van der Waals surface area contributed by atoms with Gasteiger partial charge in [-0.25, -0.2) is 4.39 Å². The third-order valence-electron chi connectivity index (χ3n) is 4.00. The molecule has 0 unspecified atom stereocenters. The number of hydrogen-bond acceptors (Lipinski definition) is 2. The molecule has 2 aliphatic rings. The van der Waals surface area contributed by atoms with Gasteiger partial charge in [0.2, 0.25) is 11.8 Å². The first-order valence-corrected chi connectivity index (χ1v) is 6.95. The number of carbonyl (C=O) groups excluding carboxylic acids is 2. The average molecular weight is 276 g/mol. The molecule has 0 radical (unpaired) electrons. The van der Waals surface area contributed by atoms with Crippen LogP contribution in [-0.4, -0.2) is 35.8 Å². The molecule has 2 fully saturated rings. The van der Waals surface area contributed by atoms with E-state index in [-0.39, 0.29) is 23.5 Å². The Balaban J connectivity index is 1.76. The Kier molecular flexibility index (Phi) is 3.20. The molecule has 1 aromatic carbocycles. The third-order valence-corrected chi connectivity index (χ3v) is 4.00. The molecule has 0 aromatic heterocycles. The zero-order valence-corrected chi connectivity index (χ0v) is 11.4. The topological polar surface area (TPSA) is 40.6 Å². The highest BCUT2D eigenvalue weighted by Gasteiger charge is 2.40. The number of piperazine rings is 1. The molecule has 0 spiro atoms. The van der Waals surface area contributed by atoms with Gasteiger partial charge in [-0.2, -0.15) is 0 Å². The first-order valence-electron chi connectivity index (χ1n) is 6.95. The van der Waals surface area contributed by atoms with Crippen molar-refractivity contribution >= 4 is 17.5 Å². The highest BCUT2D eigenvalue weighted by Crippen LogP contribution is 2.32. The molecule has 1 aromatic rings. The van der Waals surface area contributed by atoms with Crippen LogP contribution in [0.15, 0.2) is 24.3 Å². The van der Waals surface area contributed by atoms with Gasteiger partial charge in [-0.15, -0.1) is 0 Å². The molecule has 2 amide bonds. The van der Waals surface area contributed by atoms with Gasteiger partial charge in [-0.05, 0) is 44.0 Å². The molecule has 1 saturated heterocycles. The zero-order valence-electron chi connectivity index (χ0n) is 11.4. The minimum absolute atomic E-state index is 0.100. The van der Waals surface area contributed by atoms with Crippen LogP contribution in [0.25, 0.3) is 0 Å². The quantitative estimate of drug-likeness (QED) is 0.826. The van der Waals surface area contributed by atoms with Gasteiger partial charge in [0.15, 0.2) is 0 Å². The first kappa shape index (κ1) is 13.1. The number of benzene rings is 1. The number of anilines is 1. The fourth-order valence-electron chi connectivity index (χ4n) is 2.61. The molecule has 20 heavy (non-hydrogen) atoms. The molecule has 3 rings (SSSR count). The maximum atomic E-state index is 12.9. The van der Waals surface area contributed by atoms with Crippen LogP contribution in [0.2, 0.25) is 0 Å². The molecule has 1 aliphatic heterocycles.